The molecule has 0 aliphatic heterocycles. The van der Waals surface area contributed by atoms with E-state index in [2.05, 4.69) is 24.1 Å². The van der Waals surface area contributed by atoms with Gasteiger partial charge in [-0.15, -0.1) is 0 Å². The van der Waals surface area contributed by atoms with E-state index >= 15 is 0 Å². The van der Waals surface area contributed by atoms with Crippen molar-refractivity contribution in [3.63, 3.8) is 0 Å². The first-order valence-electron chi connectivity index (χ1n) is 6.10. The lowest BCUT2D eigenvalue weighted by molar-refractivity contribution is 0.435. The molecule has 17 heavy (non-hydrogen) atoms. The first-order valence-corrected chi connectivity index (χ1v) is 6.51. The Bertz CT molecular complexity index is 402. The number of hydrogen-bond donors (Lipinski definition) is 2. The van der Waals surface area contributed by atoms with Gasteiger partial charge in [-0.05, 0) is 36.8 Å². The summed E-state index contributed by atoms with van der Waals surface area (Å²) in [6.07, 6.45) is 4.35. The van der Waals surface area contributed by atoms with Crippen LogP contribution in [0, 0.1) is 11.8 Å². The third kappa shape index (κ3) is 2.75. The van der Waals surface area contributed by atoms with Gasteiger partial charge in [0.25, 0.3) is 0 Å². The molecule has 1 aliphatic carbocycles. The van der Waals surface area contributed by atoms with Gasteiger partial charge in [0.2, 0.25) is 0 Å². The van der Waals surface area contributed by atoms with Crippen molar-refractivity contribution >= 4 is 22.9 Å². The van der Waals surface area contributed by atoms with Crippen LogP contribution in [0.15, 0.2) is 18.3 Å². The largest absolute Gasteiger partial charge is 0.388 e. The van der Waals surface area contributed by atoms with Crippen LogP contribution in [0.5, 0.6) is 0 Å². The van der Waals surface area contributed by atoms with Gasteiger partial charge in [0, 0.05) is 6.04 Å². The van der Waals surface area contributed by atoms with Crippen LogP contribution in [0.4, 0.5) is 5.69 Å². The van der Waals surface area contributed by atoms with E-state index in [0.717, 1.165) is 11.6 Å². The normalized spacial score (nSPS) is 28.0. The summed E-state index contributed by atoms with van der Waals surface area (Å²) >= 11 is 4.88. The molecule has 0 amide bonds. The summed E-state index contributed by atoms with van der Waals surface area (Å²) in [6, 6.07) is 4.42. The van der Waals surface area contributed by atoms with Gasteiger partial charge < -0.3 is 11.1 Å². The second-order valence-corrected chi connectivity index (χ2v) is 5.40. The van der Waals surface area contributed by atoms with Gasteiger partial charge in [-0.1, -0.05) is 26.1 Å². The van der Waals surface area contributed by atoms with Crippen LogP contribution in [0.25, 0.3) is 0 Å². The number of pyridine rings is 1. The molecule has 4 heteroatoms. The van der Waals surface area contributed by atoms with E-state index in [1.165, 1.54) is 12.8 Å². The molecule has 0 saturated heterocycles. The van der Waals surface area contributed by atoms with Crippen molar-refractivity contribution in [3.05, 3.63) is 24.0 Å². The van der Waals surface area contributed by atoms with Gasteiger partial charge in [0.15, 0.2) is 0 Å². The van der Waals surface area contributed by atoms with E-state index in [1.54, 1.807) is 0 Å². The van der Waals surface area contributed by atoms with Crippen LogP contribution in [0.2, 0.25) is 0 Å². The van der Waals surface area contributed by atoms with Crippen molar-refractivity contribution in [2.45, 2.75) is 32.7 Å². The molecule has 1 aliphatic rings. The Morgan fingerprint density at radius 3 is 2.65 bits per heavy atom. The number of nitrogens with zero attached hydrogens (tertiary/aromatic N) is 1. The summed E-state index contributed by atoms with van der Waals surface area (Å²) in [5, 5.41) is 3.54. The summed E-state index contributed by atoms with van der Waals surface area (Å²) in [5.41, 5.74) is 7.25. The molecule has 0 bridgehead atoms. The molecule has 1 fully saturated rings. The fourth-order valence-electron chi connectivity index (χ4n) is 2.41. The monoisotopic (exact) mass is 249 g/mol. The molecule has 3 N–H and O–H groups in total. The number of aromatic nitrogens is 1. The molecule has 1 heterocycles. The minimum Gasteiger partial charge on any atom is -0.388 e. The minimum absolute atomic E-state index is 0.347. The van der Waals surface area contributed by atoms with Gasteiger partial charge in [-0.3, -0.25) is 4.98 Å². The number of hydrogen-bond acceptors (Lipinski definition) is 3. The summed E-state index contributed by atoms with van der Waals surface area (Å²) in [5.74, 6) is 1.52. The van der Waals surface area contributed by atoms with Crippen molar-refractivity contribution in [1.29, 1.82) is 0 Å². The summed E-state index contributed by atoms with van der Waals surface area (Å²) in [6.45, 7) is 4.63. The van der Waals surface area contributed by atoms with E-state index in [-0.39, 0.29) is 0 Å². The smallest absolute Gasteiger partial charge is 0.122 e. The lowest BCUT2D eigenvalue weighted by atomic mass is 9.98. The van der Waals surface area contributed by atoms with Gasteiger partial charge in [0.1, 0.15) is 4.99 Å². The Balaban J connectivity index is 2.02. The fraction of sp³-hybridized carbons (Fsp3) is 0.538. The van der Waals surface area contributed by atoms with Crippen molar-refractivity contribution in [2.24, 2.45) is 17.6 Å². The zero-order valence-corrected chi connectivity index (χ0v) is 11.1. The highest BCUT2D eigenvalue weighted by Crippen LogP contribution is 2.33. The highest BCUT2D eigenvalue weighted by molar-refractivity contribution is 7.80. The molecule has 2 rings (SSSR count). The molecule has 0 spiro atoms. The van der Waals surface area contributed by atoms with Gasteiger partial charge >= 0.3 is 0 Å². The third-order valence-corrected chi connectivity index (χ3v) is 4.04. The van der Waals surface area contributed by atoms with Crippen LogP contribution >= 0.6 is 12.2 Å². The Hall–Kier alpha value is -1.16. The highest BCUT2D eigenvalue weighted by atomic mass is 32.1. The molecule has 1 aromatic rings. The molecule has 1 saturated carbocycles. The van der Waals surface area contributed by atoms with Crippen molar-refractivity contribution in [3.8, 4) is 0 Å². The number of anilines is 1. The molecule has 92 valence electrons. The topological polar surface area (TPSA) is 50.9 Å². The van der Waals surface area contributed by atoms with Crippen molar-refractivity contribution in [1.82, 2.24) is 4.98 Å². The molecular formula is C13H19N3S. The minimum atomic E-state index is 0.347. The number of nitrogens with two attached hydrogens (primary N) is 1. The third-order valence-electron chi connectivity index (χ3n) is 3.83. The second kappa shape index (κ2) is 5.00. The van der Waals surface area contributed by atoms with Gasteiger partial charge in [0.05, 0.1) is 17.6 Å². The molecule has 1 aromatic heterocycles. The summed E-state index contributed by atoms with van der Waals surface area (Å²) in [4.78, 5) is 4.58. The number of rotatable bonds is 3. The van der Waals surface area contributed by atoms with E-state index in [9.17, 15) is 0 Å². The lowest BCUT2D eigenvalue weighted by Crippen LogP contribution is -2.24. The molecular weight excluding hydrogens is 230 g/mol. The average Bonchev–Trinajstić information content (AvgIpc) is 2.62. The Morgan fingerprint density at radius 1 is 1.41 bits per heavy atom. The Kier molecular flexibility index (Phi) is 3.62. The average molecular weight is 249 g/mol. The SMILES string of the molecule is CC1CCC(Nc2ccc(C(N)=S)nc2)C1C. The lowest BCUT2D eigenvalue weighted by Gasteiger charge is -2.20. The molecule has 0 radical (unpaired) electrons. The quantitative estimate of drug-likeness (QED) is 0.808. The van der Waals surface area contributed by atoms with Gasteiger partial charge in [-0.2, -0.15) is 0 Å². The molecule has 3 unspecified atom stereocenters. The van der Waals surface area contributed by atoms with Crippen LogP contribution in [0.1, 0.15) is 32.4 Å². The second-order valence-electron chi connectivity index (χ2n) is 4.96. The highest BCUT2D eigenvalue weighted by Gasteiger charge is 2.29. The van der Waals surface area contributed by atoms with E-state index in [0.29, 0.717) is 22.6 Å². The van der Waals surface area contributed by atoms with Gasteiger partial charge in [-0.25, -0.2) is 0 Å². The van der Waals surface area contributed by atoms with Crippen LogP contribution < -0.4 is 11.1 Å². The Labute approximate surface area is 108 Å². The van der Waals surface area contributed by atoms with Crippen LogP contribution in [-0.2, 0) is 0 Å². The number of nitrogens with one attached hydrogen (secondary N) is 1. The van der Waals surface area contributed by atoms with Crippen molar-refractivity contribution < 1.29 is 0 Å². The zero-order chi connectivity index (χ0) is 12.4. The maximum Gasteiger partial charge on any atom is 0.122 e. The Morgan fingerprint density at radius 2 is 2.18 bits per heavy atom. The van der Waals surface area contributed by atoms with Crippen LogP contribution in [0.3, 0.4) is 0 Å². The summed E-state index contributed by atoms with van der Waals surface area (Å²) in [7, 11) is 0. The molecule has 3 atom stereocenters. The predicted octanol–water partition coefficient (Wildman–Crippen LogP) is 2.56. The zero-order valence-electron chi connectivity index (χ0n) is 10.3. The molecule has 3 nitrogen and oxygen atoms in total. The maximum atomic E-state index is 5.52. The van der Waals surface area contributed by atoms with E-state index < -0.39 is 0 Å². The fourth-order valence-corrected chi connectivity index (χ4v) is 2.53. The van der Waals surface area contributed by atoms with Crippen LogP contribution in [-0.4, -0.2) is 16.0 Å². The number of thiocarbonyl (C=S) groups is 1. The van der Waals surface area contributed by atoms with Crippen molar-refractivity contribution in [2.75, 3.05) is 5.32 Å². The first kappa shape index (κ1) is 12.3. The standard InChI is InChI=1S/C13H19N3S/c1-8-3-5-11(9(8)2)16-10-4-6-12(13(14)17)15-7-10/h4,6-9,11,16H,3,5H2,1-2H3,(H2,14,17). The maximum absolute atomic E-state index is 5.52. The predicted molar refractivity (Wildman–Crippen MR) is 75.1 cm³/mol. The molecule has 0 aromatic carbocycles. The van der Waals surface area contributed by atoms with E-state index in [1.807, 2.05) is 18.3 Å². The summed E-state index contributed by atoms with van der Waals surface area (Å²) < 4.78 is 0. The first-order chi connectivity index (χ1) is 8.08. The van der Waals surface area contributed by atoms with E-state index in [4.69, 9.17) is 18.0 Å².